The molecule has 0 radical (unpaired) electrons. The van der Waals surface area contributed by atoms with Gasteiger partial charge in [0, 0.05) is 18.0 Å². The number of fused-ring (bicyclic) bond motifs is 1. The number of aromatic nitrogens is 2. The van der Waals surface area contributed by atoms with Crippen molar-refractivity contribution >= 4 is 22.6 Å². The number of nitriles is 1. The molecule has 0 fully saturated rings. The van der Waals surface area contributed by atoms with E-state index in [1.54, 1.807) is 30.3 Å². The molecule has 3 N–H and O–H groups in total. The van der Waals surface area contributed by atoms with Gasteiger partial charge in [0.15, 0.2) is 17.1 Å². The Kier molecular flexibility index (Phi) is 6.55. The van der Waals surface area contributed by atoms with E-state index in [1.165, 1.54) is 16.8 Å². The van der Waals surface area contributed by atoms with Gasteiger partial charge in [-0.05, 0) is 17.2 Å². The second-order valence-corrected chi connectivity index (χ2v) is 7.85. The molecule has 2 aromatic carbocycles. The summed E-state index contributed by atoms with van der Waals surface area (Å²) in [4.78, 5) is 41.6. The lowest BCUT2D eigenvalue weighted by atomic mass is 10.1. The fraction of sp³-hybridized carbons (Fsp3) is 0.115. The van der Waals surface area contributed by atoms with Gasteiger partial charge < -0.3 is 20.1 Å². The molecular formula is C26H20N4O5. The van der Waals surface area contributed by atoms with E-state index in [0.717, 1.165) is 5.56 Å². The van der Waals surface area contributed by atoms with Gasteiger partial charge in [0.25, 0.3) is 11.5 Å². The maximum Gasteiger partial charge on any atom is 0.326 e. The Balaban J connectivity index is 1.70. The third-order valence-electron chi connectivity index (χ3n) is 5.51. The number of aromatic hydroxyl groups is 1. The second kappa shape index (κ2) is 9.89. The van der Waals surface area contributed by atoms with Crippen LogP contribution in [-0.2, 0) is 17.8 Å². The fourth-order valence-electron chi connectivity index (χ4n) is 3.77. The normalized spacial score (nSPS) is 11.5. The highest BCUT2D eigenvalue weighted by Crippen LogP contribution is 2.27. The van der Waals surface area contributed by atoms with Crippen molar-refractivity contribution in [2.24, 2.45) is 0 Å². The number of hydrogen-bond acceptors (Lipinski definition) is 6. The number of hydrogen-bond donors (Lipinski definition) is 3. The van der Waals surface area contributed by atoms with E-state index >= 15 is 0 Å². The Hall–Kier alpha value is -4.97. The topological polar surface area (TPSA) is 145 Å². The molecule has 1 atom stereocenters. The Morgan fingerprint density at radius 3 is 2.26 bits per heavy atom. The summed E-state index contributed by atoms with van der Waals surface area (Å²) in [7, 11) is 0. The van der Waals surface area contributed by atoms with Crippen LogP contribution >= 0.6 is 0 Å². The predicted octanol–water partition coefficient (Wildman–Crippen LogP) is 2.45. The van der Waals surface area contributed by atoms with Crippen LogP contribution in [0.5, 0.6) is 5.75 Å². The molecule has 0 saturated heterocycles. The standard InChI is InChI=1S/C26H20N4O5/c27-14-20-21-18(11-12-30(25(21)33)15-17-9-5-2-6-10-17)23(31)22(28-20)24(32)29-19(26(34)35)13-16-7-3-1-4-8-16/h1-12,19,31H,13,15H2,(H,29,32)(H,34,35)/t19-/m1/s1. The van der Waals surface area contributed by atoms with Crippen LogP contribution in [0.15, 0.2) is 77.7 Å². The molecule has 2 aromatic heterocycles. The van der Waals surface area contributed by atoms with E-state index in [0.29, 0.717) is 5.56 Å². The number of carboxylic acids is 1. The summed E-state index contributed by atoms with van der Waals surface area (Å²) in [5, 5.41) is 32.2. The lowest BCUT2D eigenvalue weighted by Crippen LogP contribution is -2.42. The van der Waals surface area contributed by atoms with Gasteiger partial charge in [0.1, 0.15) is 12.1 Å². The molecule has 0 bridgehead atoms. The Labute approximate surface area is 199 Å². The van der Waals surface area contributed by atoms with Crippen LogP contribution in [0.4, 0.5) is 0 Å². The molecule has 35 heavy (non-hydrogen) atoms. The monoisotopic (exact) mass is 468 g/mol. The third-order valence-corrected chi connectivity index (χ3v) is 5.51. The molecule has 2 heterocycles. The minimum atomic E-state index is -1.30. The molecule has 4 rings (SSSR count). The number of benzene rings is 2. The molecule has 0 aliphatic heterocycles. The number of carbonyl (C=O) groups is 2. The zero-order valence-corrected chi connectivity index (χ0v) is 18.4. The Bertz CT molecular complexity index is 1510. The first kappa shape index (κ1) is 23.2. The van der Waals surface area contributed by atoms with E-state index in [-0.39, 0.29) is 29.4 Å². The first-order valence-electron chi connectivity index (χ1n) is 10.7. The van der Waals surface area contributed by atoms with Crippen molar-refractivity contribution in [1.82, 2.24) is 14.9 Å². The summed E-state index contributed by atoms with van der Waals surface area (Å²) in [5.74, 6) is -2.85. The lowest BCUT2D eigenvalue weighted by molar-refractivity contribution is -0.139. The van der Waals surface area contributed by atoms with Gasteiger partial charge in [-0.2, -0.15) is 5.26 Å². The highest BCUT2D eigenvalue weighted by molar-refractivity contribution is 6.03. The lowest BCUT2D eigenvalue weighted by Gasteiger charge is -2.16. The highest BCUT2D eigenvalue weighted by atomic mass is 16.4. The van der Waals surface area contributed by atoms with Gasteiger partial charge in [-0.25, -0.2) is 9.78 Å². The number of carbonyl (C=O) groups excluding carboxylic acids is 1. The predicted molar refractivity (Wildman–Crippen MR) is 127 cm³/mol. The van der Waals surface area contributed by atoms with Gasteiger partial charge in [0.2, 0.25) is 0 Å². The quantitative estimate of drug-likeness (QED) is 0.378. The molecule has 174 valence electrons. The van der Waals surface area contributed by atoms with E-state index < -0.39 is 34.9 Å². The summed E-state index contributed by atoms with van der Waals surface area (Å²) in [6, 6.07) is 19.9. The van der Waals surface area contributed by atoms with Crippen molar-refractivity contribution in [2.45, 2.75) is 19.0 Å². The van der Waals surface area contributed by atoms with Crippen LogP contribution in [0.2, 0.25) is 0 Å². The number of amides is 1. The molecule has 4 aromatic rings. The van der Waals surface area contributed by atoms with E-state index in [9.17, 15) is 29.9 Å². The summed E-state index contributed by atoms with van der Waals surface area (Å²) >= 11 is 0. The molecule has 0 spiro atoms. The van der Waals surface area contributed by atoms with Gasteiger partial charge in [-0.1, -0.05) is 60.7 Å². The van der Waals surface area contributed by atoms with Crippen molar-refractivity contribution in [2.75, 3.05) is 0 Å². The van der Waals surface area contributed by atoms with Crippen LogP contribution in [-0.4, -0.2) is 37.7 Å². The Morgan fingerprint density at radius 1 is 1.03 bits per heavy atom. The molecular weight excluding hydrogens is 448 g/mol. The highest BCUT2D eigenvalue weighted by Gasteiger charge is 2.26. The summed E-state index contributed by atoms with van der Waals surface area (Å²) in [6.07, 6.45) is 1.46. The first-order chi connectivity index (χ1) is 16.9. The zero-order chi connectivity index (χ0) is 24.9. The maximum atomic E-state index is 13.1. The van der Waals surface area contributed by atoms with Gasteiger partial charge in [-0.3, -0.25) is 9.59 Å². The van der Waals surface area contributed by atoms with E-state index in [1.807, 2.05) is 36.4 Å². The third kappa shape index (κ3) is 4.86. The molecule has 9 heteroatoms. The molecule has 1 amide bonds. The van der Waals surface area contributed by atoms with Gasteiger partial charge in [0.05, 0.1) is 11.9 Å². The molecule has 0 unspecified atom stereocenters. The number of pyridine rings is 2. The number of nitrogens with one attached hydrogen (secondary N) is 1. The molecule has 0 aliphatic rings. The van der Waals surface area contributed by atoms with E-state index in [4.69, 9.17) is 0 Å². The SMILES string of the molecule is N#Cc1nc(C(=O)N[C@H](Cc2ccccc2)C(=O)O)c(O)c2ccn(Cc3ccccc3)c(=O)c12. The number of aliphatic carboxylic acids is 1. The number of rotatable bonds is 7. The molecule has 0 aliphatic carbocycles. The number of nitrogens with zero attached hydrogens (tertiary/aromatic N) is 3. The summed E-state index contributed by atoms with van der Waals surface area (Å²) in [5.41, 5.74) is 0.121. The second-order valence-electron chi connectivity index (χ2n) is 7.85. The first-order valence-corrected chi connectivity index (χ1v) is 10.7. The van der Waals surface area contributed by atoms with Crippen LogP contribution in [0, 0.1) is 11.3 Å². The average molecular weight is 468 g/mol. The van der Waals surface area contributed by atoms with Crippen molar-refractivity contribution in [3.8, 4) is 11.8 Å². The van der Waals surface area contributed by atoms with Crippen LogP contribution in [0.1, 0.15) is 27.3 Å². The van der Waals surface area contributed by atoms with Gasteiger partial charge >= 0.3 is 5.97 Å². The summed E-state index contributed by atoms with van der Waals surface area (Å²) in [6.45, 7) is 0.239. The average Bonchev–Trinajstić information content (AvgIpc) is 2.86. The minimum absolute atomic E-state index is 0.00551. The maximum absolute atomic E-state index is 13.1. The number of carboxylic acid groups (broad SMARTS) is 1. The van der Waals surface area contributed by atoms with Crippen molar-refractivity contribution < 1.29 is 19.8 Å². The zero-order valence-electron chi connectivity index (χ0n) is 18.4. The largest absolute Gasteiger partial charge is 0.505 e. The van der Waals surface area contributed by atoms with Crippen molar-refractivity contribution in [1.29, 1.82) is 5.26 Å². The van der Waals surface area contributed by atoms with E-state index in [2.05, 4.69) is 10.3 Å². The van der Waals surface area contributed by atoms with Crippen molar-refractivity contribution in [3.63, 3.8) is 0 Å². The minimum Gasteiger partial charge on any atom is -0.505 e. The smallest absolute Gasteiger partial charge is 0.326 e. The Morgan fingerprint density at radius 2 is 1.66 bits per heavy atom. The van der Waals surface area contributed by atoms with Crippen LogP contribution < -0.4 is 10.9 Å². The summed E-state index contributed by atoms with van der Waals surface area (Å²) < 4.78 is 1.37. The molecule has 0 saturated carbocycles. The fourth-order valence-corrected chi connectivity index (χ4v) is 3.77. The van der Waals surface area contributed by atoms with Crippen molar-refractivity contribution in [3.05, 3.63) is 106 Å². The molecule has 9 nitrogen and oxygen atoms in total. The van der Waals surface area contributed by atoms with Crippen LogP contribution in [0.3, 0.4) is 0 Å². The van der Waals surface area contributed by atoms with Gasteiger partial charge in [-0.15, -0.1) is 0 Å². The van der Waals surface area contributed by atoms with Crippen LogP contribution in [0.25, 0.3) is 10.8 Å².